The van der Waals surface area contributed by atoms with Crippen LogP contribution in [0.15, 0.2) is 30.6 Å². The van der Waals surface area contributed by atoms with Crippen LogP contribution in [0, 0.1) is 0 Å². The van der Waals surface area contributed by atoms with Gasteiger partial charge in [-0.2, -0.15) is 0 Å². The van der Waals surface area contributed by atoms with Gasteiger partial charge < -0.3 is 14.9 Å². The SMILES string of the molecule is CC(C)N(C)C(Cc1ccc(Cl)cc1)C(=O)N1CCN(c2ncnc3c2[C@H](C)C[C@H]3O)CC1. The number of aliphatic hydroxyl groups excluding tert-OH is 1. The summed E-state index contributed by atoms with van der Waals surface area (Å²) in [5.74, 6) is 1.31. The lowest BCUT2D eigenvalue weighted by Gasteiger charge is -2.40. The molecule has 2 aliphatic rings. The van der Waals surface area contributed by atoms with E-state index in [-0.39, 0.29) is 23.9 Å². The summed E-state index contributed by atoms with van der Waals surface area (Å²) < 4.78 is 0. The molecular formula is C25H34ClN5O2. The second-order valence-corrected chi connectivity index (χ2v) is 10.0. The number of hydrogen-bond acceptors (Lipinski definition) is 6. The fraction of sp³-hybridized carbons (Fsp3) is 0.560. The molecule has 1 amide bonds. The van der Waals surface area contributed by atoms with Crippen molar-refractivity contribution in [2.24, 2.45) is 0 Å². The van der Waals surface area contributed by atoms with Crippen molar-refractivity contribution in [3.63, 3.8) is 0 Å². The second kappa shape index (κ2) is 9.95. The predicted octanol–water partition coefficient (Wildman–Crippen LogP) is 3.27. The topological polar surface area (TPSA) is 72.8 Å². The summed E-state index contributed by atoms with van der Waals surface area (Å²) in [4.78, 5) is 28.9. The highest BCUT2D eigenvalue weighted by atomic mass is 35.5. The first-order valence-electron chi connectivity index (χ1n) is 11.8. The van der Waals surface area contributed by atoms with Gasteiger partial charge >= 0.3 is 0 Å². The third-order valence-electron chi connectivity index (χ3n) is 7.10. The van der Waals surface area contributed by atoms with Crippen molar-refractivity contribution in [3.05, 3.63) is 52.4 Å². The van der Waals surface area contributed by atoms with Gasteiger partial charge in [0.2, 0.25) is 5.91 Å². The number of rotatable bonds is 6. The van der Waals surface area contributed by atoms with Crippen LogP contribution in [0.3, 0.4) is 0 Å². The van der Waals surface area contributed by atoms with Crippen LogP contribution >= 0.6 is 11.6 Å². The molecule has 0 radical (unpaired) electrons. The first kappa shape index (κ1) is 23.9. The van der Waals surface area contributed by atoms with Crippen LogP contribution in [0.4, 0.5) is 5.82 Å². The van der Waals surface area contributed by atoms with E-state index in [1.807, 2.05) is 36.2 Å². The monoisotopic (exact) mass is 471 g/mol. The minimum Gasteiger partial charge on any atom is -0.387 e. The molecule has 1 aliphatic heterocycles. The van der Waals surface area contributed by atoms with Gasteiger partial charge in [-0.3, -0.25) is 9.69 Å². The Labute approximate surface area is 201 Å². The van der Waals surface area contributed by atoms with Crippen molar-refractivity contribution in [1.29, 1.82) is 0 Å². The van der Waals surface area contributed by atoms with E-state index in [4.69, 9.17) is 11.6 Å². The summed E-state index contributed by atoms with van der Waals surface area (Å²) in [6, 6.07) is 7.79. The molecule has 1 aliphatic carbocycles. The van der Waals surface area contributed by atoms with E-state index in [1.165, 1.54) is 0 Å². The quantitative estimate of drug-likeness (QED) is 0.697. The smallest absolute Gasteiger partial charge is 0.240 e. The number of nitrogens with zero attached hydrogens (tertiary/aromatic N) is 5. The molecule has 8 heteroatoms. The highest BCUT2D eigenvalue weighted by Crippen LogP contribution is 2.42. The van der Waals surface area contributed by atoms with Crippen LogP contribution in [-0.2, 0) is 11.2 Å². The van der Waals surface area contributed by atoms with E-state index in [9.17, 15) is 9.90 Å². The molecule has 3 atom stereocenters. The Kier molecular flexibility index (Phi) is 7.22. The van der Waals surface area contributed by atoms with Crippen molar-refractivity contribution in [1.82, 2.24) is 19.8 Å². The largest absolute Gasteiger partial charge is 0.387 e. The lowest BCUT2D eigenvalue weighted by molar-refractivity contribution is -0.137. The predicted molar refractivity (Wildman–Crippen MR) is 131 cm³/mol. The fourth-order valence-electron chi connectivity index (χ4n) is 4.91. The van der Waals surface area contributed by atoms with Crippen molar-refractivity contribution < 1.29 is 9.90 Å². The van der Waals surface area contributed by atoms with Gasteiger partial charge in [0.25, 0.3) is 0 Å². The van der Waals surface area contributed by atoms with Crippen LogP contribution in [0.1, 0.15) is 56.0 Å². The number of carbonyl (C=O) groups excluding carboxylic acids is 1. The fourth-order valence-corrected chi connectivity index (χ4v) is 5.04. The molecule has 1 unspecified atom stereocenters. The number of carbonyl (C=O) groups is 1. The van der Waals surface area contributed by atoms with E-state index in [1.54, 1.807) is 6.33 Å². The van der Waals surface area contributed by atoms with Gasteiger partial charge in [-0.05, 0) is 57.4 Å². The van der Waals surface area contributed by atoms with E-state index in [2.05, 4.69) is 40.5 Å². The molecule has 1 saturated heterocycles. The number of amides is 1. The second-order valence-electron chi connectivity index (χ2n) is 9.57. The van der Waals surface area contributed by atoms with E-state index in [0.717, 1.165) is 35.7 Å². The molecule has 1 N–H and O–H groups in total. The van der Waals surface area contributed by atoms with Gasteiger partial charge in [0.1, 0.15) is 12.1 Å². The van der Waals surface area contributed by atoms with Crippen molar-refractivity contribution in [2.75, 3.05) is 38.1 Å². The number of halogens is 1. The van der Waals surface area contributed by atoms with E-state index in [0.29, 0.717) is 31.0 Å². The maximum absolute atomic E-state index is 13.6. The average Bonchev–Trinajstić information content (AvgIpc) is 3.11. The number of benzene rings is 1. The maximum atomic E-state index is 13.6. The van der Waals surface area contributed by atoms with Crippen LogP contribution in [0.25, 0.3) is 0 Å². The lowest BCUT2D eigenvalue weighted by atomic mass is 10.0. The molecule has 4 rings (SSSR count). The molecule has 7 nitrogen and oxygen atoms in total. The van der Waals surface area contributed by atoms with E-state index < -0.39 is 6.10 Å². The van der Waals surface area contributed by atoms with Gasteiger partial charge in [-0.1, -0.05) is 30.7 Å². The minimum absolute atomic E-state index is 0.164. The summed E-state index contributed by atoms with van der Waals surface area (Å²) in [5, 5.41) is 11.0. The third-order valence-corrected chi connectivity index (χ3v) is 7.36. The normalized spacial score (nSPS) is 21.6. The van der Waals surface area contributed by atoms with Crippen molar-refractivity contribution in [2.45, 2.75) is 57.7 Å². The number of hydrogen-bond donors (Lipinski definition) is 1. The third kappa shape index (κ3) is 5.00. The van der Waals surface area contributed by atoms with Crippen LogP contribution in [0.2, 0.25) is 5.02 Å². The Morgan fingerprint density at radius 2 is 1.85 bits per heavy atom. The van der Waals surface area contributed by atoms with Gasteiger partial charge in [-0.15, -0.1) is 0 Å². The zero-order valence-corrected chi connectivity index (χ0v) is 20.7. The number of piperazine rings is 1. The summed E-state index contributed by atoms with van der Waals surface area (Å²) >= 11 is 6.05. The molecule has 2 heterocycles. The van der Waals surface area contributed by atoms with Crippen LogP contribution in [0.5, 0.6) is 0 Å². The van der Waals surface area contributed by atoms with E-state index >= 15 is 0 Å². The Balaban J connectivity index is 1.47. The Bertz CT molecular complexity index is 975. The standard InChI is InChI=1S/C25H34ClN5O2/c1-16(2)29(4)20(14-18-5-7-19(26)8-6-18)25(33)31-11-9-30(10-12-31)24-22-17(3)13-21(32)23(22)27-15-28-24/h5-8,15-17,20-21,32H,9-14H2,1-4H3/t17-,20?,21-/m1/s1. The van der Waals surface area contributed by atoms with Crippen molar-refractivity contribution in [3.8, 4) is 0 Å². The van der Waals surface area contributed by atoms with Crippen LogP contribution in [-0.4, -0.2) is 76.1 Å². The molecule has 1 aromatic heterocycles. The number of fused-ring (bicyclic) bond motifs is 1. The van der Waals surface area contributed by atoms with Gasteiger partial charge in [0.15, 0.2) is 0 Å². The van der Waals surface area contributed by atoms with Gasteiger partial charge in [0.05, 0.1) is 17.8 Å². The molecule has 2 aromatic rings. The maximum Gasteiger partial charge on any atom is 0.240 e. The molecule has 33 heavy (non-hydrogen) atoms. The highest BCUT2D eigenvalue weighted by Gasteiger charge is 2.35. The summed E-state index contributed by atoms with van der Waals surface area (Å²) in [5.41, 5.74) is 2.92. The number of aliphatic hydroxyl groups is 1. The van der Waals surface area contributed by atoms with Crippen LogP contribution < -0.4 is 4.90 Å². The molecule has 1 fully saturated rings. The number of anilines is 1. The number of aromatic nitrogens is 2. The Hall–Kier alpha value is -2.22. The summed E-state index contributed by atoms with van der Waals surface area (Å²) in [6.07, 6.45) is 2.37. The Morgan fingerprint density at radius 1 is 1.18 bits per heavy atom. The lowest BCUT2D eigenvalue weighted by Crippen LogP contribution is -2.56. The molecule has 0 saturated carbocycles. The molecule has 178 valence electrons. The van der Waals surface area contributed by atoms with Gasteiger partial charge in [-0.25, -0.2) is 9.97 Å². The Morgan fingerprint density at radius 3 is 2.48 bits per heavy atom. The molecule has 1 aromatic carbocycles. The number of likely N-dealkylation sites (N-methyl/N-ethyl adjacent to an activating group) is 1. The minimum atomic E-state index is -0.514. The summed E-state index contributed by atoms with van der Waals surface area (Å²) in [7, 11) is 2.02. The van der Waals surface area contributed by atoms with Crippen molar-refractivity contribution >= 4 is 23.3 Å². The molecular weight excluding hydrogens is 438 g/mol. The molecule has 0 spiro atoms. The summed E-state index contributed by atoms with van der Waals surface area (Å²) in [6.45, 7) is 9.09. The first-order chi connectivity index (χ1) is 15.8. The van der Waals surface area contributed by atoms with Gasteiger partial charge in [0, 0.05) is 42.8 Å². The zero-order valence-electron chi connectivity index (χ0n) is 19.9. The zero-order chi connectivity index (χ0) is 23.7. The average molecular weight is 472 g/mol. The molecule has 0 bridgehead atoms. The first-order valence-corrected chi connectivity index (χ1v) is 12.2. The highest BCUT2D eigenvalue weighted by molar-refractivity contribution is 6.30.